The van der Waals surface area contributed by atoms with Gasteiger partial charge in [-0.3, -0.25) is 0 Å². The number of hydrogen-bond acceptors (Lipinski definition) is 1. The van der Waals surface area contributed by atoms with E-state index in [2.05, 4.69) is 63.7 Å². The topological polar surface area (TPSA) is 0 Å². The Balaban J connectivity index is 2.09. The van der Waals surface area contributed by atoms with Gasteiger partial charge in [0.25, 0.3) is 0 Å². The lowest BCUT2D eigenvalue weighted by molar-refractivity contribution is 0.629. The standard InChI is InChI=1S/C20H28S/c1-13(2)18-9-6-10-19(14(3)4)20(18)15-11-16-7-5-8-17(12-15)21-16/h6,9-11,13-14,16-17H,5,7-8,12H2,1-4H3. The molecule has 1 heteroatoms. The molecule has 2 unspecified atom stereocenters. The van der Waals surface area contributed by atoms with Crippen LogP contribution in [0.1, 0.15) is 81.9 Å². The summed E-state index contributed by atoms with van der Waals surface area (Å²) in [5.74, 6) is 1.21. The number of fused-ring (bicyclic) bond motifs is 2. The number of benzene rings is 1. The Morgan fingerprint density at radius 3 is 2.24 bits per heavy atom. The maximum Gasteiger partial charge on any atom is 0.0235 e. The highest BCUT2D eigenvalue weighted by atomic mass is 32.2. The Kier molecular flexibility index (Phi) is 4.49. The zero-order valence-corrected chi connectivity index (χ0v) is 14.7. The highest BCUT2D eigenvalue weighted by molar-refractivity contribution is 8.00. The van der Waals surface area contributed by atoms with E-state index in [1.807, 2.05) is 0 Å². The van der Waals surface area contributed by atoms with Crippen molar-refractivity contribution >= 4 is 17.3 Å². The summed E-state index contributed by atoms with van der Waals surface area (Å²) in [6, 6.07) is 6.96. The van der Waals surface area contributed by atoms with Gasteiger partial charge in [-0.2, -0.15) is 11.8 Å². The van der Waals surface area contributed by atoms with Crippen molar-refractivity contribution < 1.29 is 0 Å². The summed E-state index contributed by atoms with van der Waals surface area (Å²) >= 11 is 2.22. The first-order chi connectivity index (χ1) is 10.1. The molecule has 21 heavy (non-hydrogen) atoms. The second-order valence-corrected chi connectivity index (χ2v) is 8.79. The summed E-state index contributed by atoms with van der Waals surface area (Å²) in [6.07, 6.45) is 8.11. The molecule has 0 N–H and O–H groups in total. The summed E-state index contributed by atoms with van der Waals surface area (Å²) in [6.45, 7) is 9.34. The van der Waals surface area contributed by atoms with Gasteiger partial charge in [0.15, 0.2) is 0 Å². The molecule has 2 aliphatic rings. The predicted octanol–water partition coefficient (Wildman–Crippen LogP) is 6.37. The van der Waals surface area contributed by atoms with E-state index < -0.39 is 0 Å². The van der Waals surface area contributed by atoms with Crippen molar-refractivity contribution in [3.8, 4) is 0 Å². The maximum atomic E-state index is 2.60. The Bertz CT molecular complexity index is 513. The van der Waals surface area contributed by atoms with Crippen LogP contribution in [0.4, 0.5) is 0 Å². The summed E-state index contributed by atoms with van der Waals surface area (Å²) in [5, 5.41) is 1.64. The van der Waals surface area contributed by atoms with E-state index in [1.54, 1.807) is 22.3 Å². The minimum Gasteiger partial charge on any atom is -0.151 e. The SMILES string of the molecule is CC(C)c1cccc(C(C)C)c1C1=CC2CCCC(C1)S2. The van der Waals surface area contributed by atoms with Crippen molar-refractivity contribution in [3.05, 3.63) is 41.0 Å². The molecule has 0 nitrogen and oxygen atoms in total. The van der Waals surface area contributed by atoms with Crippen LogP contribution in [0.5, 0.6) is 0 Å². The van der Waals surface area contributed by atoms with Crippen LogP contribution in [0, 0.1) is 0 Å². The van der Waals surface area contributed by atoms with Crippen LogP contribution < -0.4 is 0 Å². The fraction of sp³-hybridized carbons (Fsp3) is 0.600. The van der Waals surface area contributed by atoms with Crippen LogP contribution >= 0.6 is 11.8 Å². The van der Waals surface area contributed by atoms with E-state index in [4.69, 9.17) is 0 Å². The molecule has 0 spiro atoms. The summed E-state index contributed by atoms with van der Waals surface area (Å²) in [5.41, 5.74) is 6.35. The molecule has 0 radical (unpaired) electrons. The molecular weight excluding hydrogens is 272 g/mol. The third-order valence-electron chi connectivity index (χ3n) is 4.91. The van der Waals surface area contributed by atoms with Crippen molar-refractivity contribution in [2.45, 2.75) is 75.7 Å². The fourth-order valence-electron chi connectivity index (χ4n) is 3.85. The zero-order valence-electron chi connectivity index (χ0n) is 13.9. The number of rotatable bonds is 3. The van der Waals surface area contributed by atoms with Gasteiger partial charge >= 0.3 is 0 Å². The van der Waals surface area contributed by atoms with E-state index in [9.17, 15) is 0 Å². The lowest BCUT2D eigenvalue weighted by Gasteiger charge is -2.35. The Morgan fingerprint density at radius 2 is 1.67 bits per heavy atom. The van der Waals surface area contributed by atoms with Crippen molar-refractivity contribution in [3.63, 3.8) is 0 Å². The quantitative estimate of drug-likeness (QED) is 0.624. The molecule has 2 heterocycles. The lowest BCUT2D eigenvalue weighted by Crippen LogP contribution is -2.22. The monoisotopic (exact) mass is 300 g/mol. The minimum atomic E-state index is 0.606. The van der Waals surface area contributed by atoms with E-state index in [0.717, 1.165) is 10.5 Å². The minimum absolute atomic E-state index is 0.606. The first-order valence-corrected chi connectivity index (χ1v) is 9.50. The lowest BCUT2D eigenvalue weighted by atomic mass is 9.82. The fourth-order valence-corrected chi connectivity index (χ4v) is 5.47. The summed E-state index contributed by atoms with van der Waals surface area (Å²) in [4.78, 5) is 0. The average molecular weight is 301 g/mol. The Labute approximate surface area is 134 Å². The van der Waals surface area contributed by atoms with Crippen molar-refractivity contribution in [2.75, 3.05) is 0 Å². The smallest absolute Gasteiger partial charge is 0.0235 e. The van der Waals surface area contributed by atoms with Crippen LogP contribution in [-0.4, -0.2) is 10.5 Å². The molecular formula is C20H28S. The van der Waals surface area contributed by atoms with Crippen molar-refractivity contribution in [2.24, 2.45) is 0 Å². The first-order valence-electron chi connectivity index (χ1n) is 8.55. The van der Waals surface area contributed by atoms with Crippen LogP contribution in [0.25, 0.3) is 5.57 Å². The van der Waals surface area contributed by atoms with Gasteiger partial charge in [0.2, 0.25) is 0 Å². The van der Waals surface area contributed by atoms with Crippen LogP contribution in [0.15, 0.2) is 24.3 Å². The van der Waals surface area contributed by atoms with Gasteiger partial charge in [0.1, 0.15) is 0 Å². The van der Waals surface area contributed by atoms with Gasteiger partial charge in [-0.15, -0.1) is 0 Å². The predicted molar refractivity (Wildman–Crippen MR) is 96.2 cm³/mol. The highest BCUT2D eigenvalue weighted by Gasteiger charge is 2.29. The van der Waals surface area contributed by atoms with Gasteiger partial charge in [0, 0.05) is 10.5 Å². The van der Waals surface area contributed by atoms with Gasteiger partial charge in [0.05, 0.1) is 0 Å². The van der Waals surface area contributed by atoms with E-state index in [-0.39, 0.29) is 0 Å². The molecule has 0 aliphatic carbocycles. The third-order valence-corrected chi connectivity index (χ3v) is 6.42. The zero-order chi connectivity index (χ0) is 15.0. The molecule has 2 bridgehead atoms. The number of thioether (sulfide) groups is 1. The Hall–Kier alpha value is -0.690. The summed E-state index contributed by atoms with van der Waals surface area (Å²) in [7, 11) is 0. The molecule has 114 valence electrons. The average Bonchev–Trinajstić information content (AvgIpc) is 2.45. The normalized spacial score (nSPS) is 25.3. The van der Waals surface area contributed by atoms with Crippen LogP contribution in [-0.2, 0) is 0 Å². The largest absolute Gasteiger partial charge is 0.151 e. The van der Waals surface area contributed by atoms with E-state index in [0.29, 0.717) is 11.8 Å². The Morgan fingerprint density at radius 1 is 1.00 bits per heavy atom. The molecule has 0 amide bonds. The van der Waals surface area contributed by atoms with Gasteiger partial charge in [-0.25, -0.2) is 0 Å². The molecule has 0 aromatic heterocycles. The molecule has 1 saturated heterocycles. The molecule has 0 saturated carbocycles. The van der Waals surface area contributed by atoms with Gasteiger partial charge in [-0.05, 0) is 53.4 Å². The van der Waals surface area contributed by atoms with E-state index >= 15 is 0 Å². The molecule has 1 fully saturated rings. The highest BCUT2D eigenvalue weighted by Crippen LogP contribution is 2.46. The first kappa shape index (κ1) is 15.2. The maximum absolute atomic E-state index is 2.60. The third kappa shape index (κ3) is 3.08. The molecule has 1 aromatic carbocycles. The van der Waals surface area contributed by atoms with Crippen LogP contribution in [0.3, 0.4) is 0 Å². The molecule has 3 rings (SSSR count). The van der Waals surface area contributed by atoms with Gasteiger partial charge in [-0.1, -0.05) is 58.4 Å². The van der Waals surface area contributed by atoms with Gasteiger partial charge < -0.3 is 0 Å². The molecule has 2 atom stereocenters. The number of allylic oxidation sites excluding steroid dienone is 1. The molecule has 1 aromatic rings. The van der Waals surface area contributed by atoms with Crippen LogP contribution in [0.2, 0.25) is 0 Å². The molecule has 2 aliphatic heterocycles. The number of hydrogen-bond donors (Lipinski definition) is 0. The van der Waals surface area contributed by atoms with E-state index in [1.165, 1.54) is 25.7 Å². The summed E-state index contributed by atoms with van der Waals surface area (Å²) < 4.78 is 0. The second kappa shape index (κ2) is 6.20. The van der Waals surface area contributed by atoms with Crippen molar-refractivity contribution in [1.29, 1.82) is 0 Å². The van der Waals surface area contributed by atoms with Crippen molar-refractivity contribution in [1.82, 2.24) is 0 Å². The second-order valence-electron chi connectivity index (χ2n) is 7.24.